The molecule has 31 heavy (non-hydrogen) atoms. The maximum absolute atomic E-state index is 6.24. The molecule has 0 N–H and O–H groups in total. The maximum atomic E-state index is 6.24. The molecule has 0 fully saturated rings. The monoisotopic (exact) mass is 442 g/mol. The molecule has 0 amide bonds. The van der Waals surface area contributed by atoms with E-state index in [2.05, 4.69) is 46.7 Å². The molecule has 5 aromatic rings. The summed E-state index contributed by atoms with van der Waals surface area (Å²) in [6.07, 6.45) is 0. The lowest BCUT2D eigenvalue weighted by Crippen LogP contribution is -2.39. The number of thiophene rings is 1. The molecule has 2 heterocycles. The Morgan fingerprint density at radius 2 is 1.26 bits per heavy atom. The minimum atomic E-state index is -0.774. The molecule has 6 heteroatoms. The smallest absolute Gasteiger partial charge is 0.144 e. The second-order valence-electron chi connectivity index (χ2n) is 7.27. The highest BCUT2D eigenvalue weighted by molar-refractivity contribution is 7.19. The Labute approximate surface area is 189 Å². The summed E-state index contributed by atoms with van der Waals surface area (Å²) in [5, 5.41) is 13.9. The first-order chi connectivity index (χ1) is 15.2. The van der Waals surface area contributed by atoms with Crippen LogP contribution in [0.5, 0.6) is 0 Å². The summed E-state index contributed by atoms with van der Waals surface area (Å²) < 4.78 is 0.712. The fourth-order valence-electron chi connectivity index (χ4n) is 4.00. The summed E-state index contributed by atoms with van der Waals surface area (Å²) in [6, 6.07) is 32.9. The van der Waals surface area contributed by atoms with Crippen molar-refractivity contribution in [2.24, 2.45) is 0 Å². The van der Waals surface area contributed by atoms with Crippen LogP contribution in [0.3, 0.4) is 0 Å². The van der Waals surface area contributed by atoms with E-state index in [1.54, 1.807) is 4.80 Å². The van der Waals surface area contributed by atoms with Crippen LogP contribution in [0.4, 0.5) is 0 Å². The number of hydrogen-bond acceptors (Lipinski definition) is 4. The lowest BCUT2D eigenvalue weighted by molar-refractivity contribution is 0.396. The lowest BCUT2D eigenvalue weighted by atomic mass is 9.77. The highest BCUT2D eigenvalue weighted by Gasteiger charge is 2.41. The van der Waals surface area contributed by atoms with Gasteiger partial charge in [0.1, 0.15) is 0 Å². The third-order valence-corrected chi connectivity index (χ3v) is 6.74. The second-order valence-corrected chi connectivity index (χ2v) is 8.96. The summed E-state index contributed by atoms with van der Waals surface area (Å²) in [5.41, 5.74) is 3.43. The van der Waals surface area contributed by atoms with Crippen molar-refractivity contribution in [2.45, 2.75) is 12.5 Å². The van der Waals surface area contributed by atoms with Crippen LogP contribution < -0.4 is 0 Å². The summed E-state index contributed by atoms with van der Waals surface area (Å²) in [7, 11) is 0. The first-order valence-corrected chi connectivity index (χ1v) is 11.1. The van der Waals surface area contributed by atoms with E-state index in [4.69, 9.17) is 16.7 Å². The van der Waals surface area contributed by atoms with Gasteiger partial charge in [-0.15, -0.1) is 26.3 Å². The van der Waals surface area contributed by atoms with Crippen molar-refractivity contribution in [3.05, 3.63) is 124 Å². The average Bonchev–Trinajstić information content (AvgIpc) is 3.43. The summed E-state index contributed by atoms with van der Waals surface area (Å²) in [5.74, 6) is 0.571. The molecule has 5 rings (SSSR count). The second kappa shape index (κ2) is 8.10. The average molecular weight is 443 g/mol. The van der Waals surface area contributed by atoms with Crippen molar-refractivity contribution < 1.29 is 0 Å². The first-order valence-electron chi connectivity index (χ1n) is 9.93. The highest BCUT2D eigenvalue weighted by atomic mass is 35.5. The fourth-order valence-corrected chi connectivity index (χ4v) is 5.22. The molecule has 0 saturated carbocycles. The summed E-state index contributed by atoms with van der Waals surface area (Å²) in [6.45, 7) is 2.01. The van der Waals surface area contributed by atoms with Gasteiger partial charge in [-0.2, -0.15) is 0 Å². The van der Waals surface area contributed by atoms with Gasteiger partial charge in [0.15, 0.2) is 5.54 Å². The topological polar surface area (TPSA) is 43.6 Å². The molecule has 0 aliphatic heterocycles. The number of rotatable bonds is 5. The van der Waals surface area contributed by atoms with Crippen LogP contribution in [0.25, 0.3) is 10.7 Å². The summed E-state index contributed by atoms with van der Waals surface area (Å²) in [4.78, 5) is 2.66. The third-order valence-electron chi connectivity index (χ3n) is 5.38. The molecular formula is C25H19ClN4S. The highest BCUT2D eigenvalue weighted by Crippen LogP contribution is 2.40. The molecule has 0 spiro atoms. The van der Waals surface area contributed by atoms with Crippen LogP contribution in [-0.2, 0) is 5.54 Å². The number of hydrogen-bond donors (Lipinski definition) is 0. The van der Waals surface area contributed by atoms with Crippen molar-refractivity contribution in [1.82, 2.24) is 20.2 Å². The molecular weight excluding hydrogens is 424 g/mol. The van der Waals surface area contributed by atoms with Gasteiger partial charge in [-0.05, 0) is 40.5 Å². The SMILES string of the molecule is Cc1cc(Cl)sc1-c1nnn(C(c2ccccc2)(c2ccccc2)c2ccccc2)n1. The number of aryl methyl sites for hydroxylation is 1. The zero-order valence-electron chi connectivity index (χ0n) is 16.8. The van der Waals surface area contributed by atoms with Gasteiger partial charge in [0, 0.05) is 0 Å². The van der Waals surface area contributed by atoms with Crippen LogP contribution >= 0.6 is 22.9 Å². The van der Waals surface area contributed by atoms with E-state index < -0.39 is 5.54 Å². The van der Waals surface area contributed by atoms with Crippen LogP contribution in [0.2, 0.25) is 4.34 Å². The van der Waals surface area contributed by atoms with Gasteiger partial charge in [0.05, 0.1) is 9.21 Å². The number of benzene rings is 3. The first kappa shape index (κ1) is 19.7. The molecule has 2 aromatic heterocycles. The number of tetrazole rings is 1. The standard InChI is InChI=1S/C25H19ClN4S/c1-18-17-22(26)31-23(18)24-27-29-30(28-24)25(19-11-5-2-6-12-19,20-13-7-3-8-14-20)21-15-9-4-10-16-21/h2-17H,1H3. The van der Waals surface area contributed by atoms with Gasteiger partial charge in [-0.3, -0.25) is 0 Å². The minimum absolute atomic E-state index is 0.571. The lowest BCUT2D eigenvalue weighted by Gasteiger charge is -2.34. The Morgan fingerprint density at radius 1 is 0.774 bits per heavy atom. The zero-order chi connectivity index (χ0) is 21.3. The van der Waals surface area contributed by atoms with E-state index in [1.807, 2.05) is 67.6 Å². The van der Waals surface area contributed by atoms with E-state index in [1.165, 1.54) is 11.3 Å². The largest absolute Gasteiger partial charge is 0.215 e. The predicted octanol–water partition coefficient (Wildman–Crippen LogP) is 6.20. The van der Waals surface area contributed by atoms with E-state index in [9.17, 15) is 0 Å². The Hall–Kier alpha value is -3.28. The Morgan fingerprint density at radius 3 is 1.68 bits per heavy atom. The van der Waals surface area contributed by atoms with Crippen molar-refractivity contribution in [1.29, 1.82) is 0 Å². The number of nitrogens with zero attached hydrogens (tertiary/aromatic N) is 4. The number of aromatic nitrogens is 4. The van der Waals surface area contributed by atoms with E-state index in [-0.39, 0.29) is 0 Å². The van der Waals surface area contributed by atoms with Gasteiger partial charge in [0.2, 0.25) is 5.82 Å². The zero-order valence-corrected chi connectivity index (χ0v) is 18.4. The molecule has 0 radical (unpaired) electrons. The third kappa shape index (κ3) is 3.36. The van der Waals surface area contributed by atoms with Crippen molar-refractivity contribution >= 4 is 22.9 Å². The van der Waals surface area contributed by atoms with Crippen LogP contribution in [0.1, 0.15) is 22.3 Å². The van der Waals surface area contributed by atoms with Gasteiger partial charge in [-0.25, -0.2) is 0 Å². The Balaban J connectivity index is 1.82. The normalized spacial score (nSPS) is 11.5. The molecule has 4 nitrogen and oxygen atoms in total. The number of halogens is 1. The molecule has 0 aliphatic rings. The quantitative estimate of drug-likeness (QED) is 0.304. The molecule has 0 bridgehead atoms. The van der Waals surface area contributed by atoms with Crippen molar-refractivity contribution in [3.8, 4) is 10.7 Å². The molecule has 0 aliphatic carbocycles. The molecule has 0 unspecified atom stereocenters. The fraction of sp³-hybridized carbons (Fsp3) is 0.0800. The van der Waals surface area contributed by atoms with E-state index in [0.29, 0.717) is 10.2 Å². The van der Waals surface area contributed by atoms with E-state index in [0.717, 1.165) is 27.1 Å². The Kier molecular flexibility index (Phi) is 5.14. The van der Waals surface area contributed by atoms with Crippen molar-refractivity contribution in [3.63, 3.8) is 0 Å². The Bertz CT molecular complexity index is 1200. The van der Waals surface area contributed by atoms with Gasteiger partial charge >= 0.3 is 0 Å². The van der Waals surface area contributed by atoms with Gasteiger partial charge in [-0.1, -0.05) is 103 Å². The van der Waals surface area contributed by atoms with Crippen LogP contribution in [0.15, 0.2) is 97.1 Å². The van der Waals surface area contributed by atoms with Crippen LogP contribution in [0, 0.1) is 6.92 Å². The predicted molar refractivity (Wildman–Crippen MR) is 125 cm³/mol. The van der Waals surface area contributed by atoms with Crippen molar-refractivity contribution in [2.75, 3.05) is 0 Å². The molecule has 3 aromatic carbocycles. The maximum Gasteiger partial charge on any atom is 0.215 e. The molecule has 0 saturated heterocycles. The minimum Gasteiger partial charge on any atom is -0.144 e. The van der Waals surface area contributed by atoms with Crippen LogP contribution in [-0.4, -0.2) is 20.2 Å². The van der Waals surface area contributed by atoms with Gasteiger partial charge < -0.3 is 0 Å². The molecule has 152 valence electrons. The molecule has 0 atom stereocenters. The summed E-state index contributed by atoms with van der Waals surface area (Å²) >= 11 is 7.70. The van der Waals surface area contributed by atoms with E-state index >= 15 is 0 Å². The van der Waals surface area contributed by atoms with Gasteiger partial charge in [0.25, 0.3) is 0 Å².